The number of halogens is 4. The van der Waals surface area contributed by atoms with Gasteiger partial charge in [-0.1, -0.05) is 16.8 Å². The standard InChI is InChI=1S/C19H17ClF3N3O3/c1-12-10-16(29-24-12)18(28)26-8-6-25(7-9-26)17(27)5-2-13-11-14(19(21,22)23)3-4-15(13)20/h2-5,10-11H,6-9H2,1H3/b5-2+. The van der Waals surface area contributed by atoms with Crippen LogP contribution in [0.4, 0.5) is 13.2 Å². The van der Waals surface area contributed by atoms with Crippen LogP contribution in [0.5, 0.6) is 0 Å². The number of benzene rings is 1. The number of carbonyl (C=O) groups excluding carboxylic acids is 2. The average Bonchev–Trinajstić information content (AvgIpc) is 3.12. The zero-order valence-corrected chi connectivity index (χ0v) is 16.1. The molecule has 0 unspecified atom stereocenters. The van der Waals surface area contributed by atoms with E-state index in [0.717, 1.165) is 18.2 Å². The third kappa shape index (κ3) is 4.97. The van der Waals surface area contributed by atoms with Gasteiger partial charge in [-0.3, -0.25) is 9.59 Å². The van der Waals surface area contributed by atoms with E-state index in [0.29, 0.717) is 31.9 Å². The summed E-state index contributed by atoms with van der Waals surface area (Å²) in [6.45, 7) is 2.90. The lowest BCUT2D eigenvalue weighted by molar-refractivity contribution is -0.137. The van der Waals surface area contributed by atoms with Gasteiger partial charge in [0.15, 0.2) is 0 Å². The van der Waals surface area contributed by atoms with E-state index in [1.54, 1.807) is 17.9 Å². The topological polar surface area (TPSA) is 66.7 Å². The zero-order chi connectivity index (χ0) is 21.2. The lowest BCUT2D eigenvalue weighted by Crippen LogP contribution is -2.50. The van der Waals surface area contributed by atoms with Crippen LogP contribution in [0.2, 0.25) is 5.02 Å². The Hall–Kier alpha value is -2.81. The van der Waals surface area contributed by atoms with Gasteiger partial charge in [0.1, 0.15) is 0 Å². The number of aromatic nitrogens is 1. The van der Waals surface area contributed by atoms with E-state index in [1.807, 2.05) is 0 Å². The lowest BCUT2D eigenvalue weighted by Gasteiger charge is -2.33. The molecule has 0 atom stereocenters. The Labute approximate surface area is 169 Å². The second-order valence-electron chi connectivity index (χ2n) is 6.52. The zero-order valence-electron chi connectivity index (χ0n) is 15.4. The highest BCUT2D eigenvalue weighted by molar-refractivity contribution is 6.32. The monoisotopic (exact) mass is 427 g/mol. The molecule has 154 valence electrons. The normalized spacial score (nSPS) is 15.2. The summed E-state index contributed by atoms with van der Waals surface area (Å²) < 4.78 is 43.5. The van der Waals surface area contributed by atoms with Crippen LogP contribution < -0.4 is 0 Å². The molecule has 2 heterocycles. The Bertz CT molecular complexity index is 948. The van der Waals surface area contributed by atoms with Crippen molar-refractivity contribution in [1.82, 2.24) is 15.0 Å². The first-order valence-electron chi connectivity index (χ1n) is 8.71. The molecule has 10 heteroatoms. The maximum atomic E-state index is 12.8. The third-order valence-corrected chi connectivity index (χ3v) is 4.79. The first-order chi connectivity index (χ1) is 13.6. The number of hydrogen-bond donors (Lipinski definition) is 0. The van der Waals surface area contributed by atoms with Gasteiger partial charge in [0.25, 0.3) is 5.91 Å². The molecule has 29 heavy (non-hydrogen) atoms. The quantitative estimate of drug-likeness (QED) is 0.701. The average molecular weight is 428 g/mol. The molecular formula is C19H17ClF3N3O3. The number of amides is 2. The number of rotatable bonds is 3. The van der Waals surface area contributed by atoms with Crippen molar-refractivity contribution in [1.29, 1.82) is 0 Å². The van der Waals surface area contributed by atoms with Crippen LogP contribution in [-0.2, 0) is 11.0 Å². The number of aryl methyl sites for hydroxylation is 1. The number of alkyl halides is 3. The van der Waals surface area contributed by atoms with Gasteiger partial charge in [-0.05, 0) is 36.8 Å². The minimum atomic E-state index is -4.50. The predicted octanol–water partition coefficient (Wildman–Crippen LogP) is 3.65. The fourth-order valence-corrected chi connectivity index (χ4v) is 3.04. The highest BCUT2D eigenvalue weighted by atomic mass is 35.5. The van der Waals surface area contributed by atoms with Gasteiger partial charge in [0.05, 0.1) is 11.3 Å². The van der Waals surface area contributed by atoms with Crippen molar-refractivity contribution < 1.29 is 27.3 Å². The summed E-state index contributed by atoms with van der Waals surface area (Å²) in [5.41, 5.74) is -0.145. The van der Waals surface area contributed by atoms with Crippen LogP contribution >= 0.6 is 11.6 Å². The van der Waals surface area contributed by atoms with Gasteiger partial charge in [0, 0.05) is 43.3 Å². The summed E-state index contributed by atoms with van der Waals surface area (Å²) in [6, 6.07) is 4.46. The van der Waals surface area contributed by atoms with Gasteiger partial charge in [-0.25, -0.2) is 0 Å². The molecule has 1 saturated heterocycles. The van der Waals surface area contributed by atoms with Crippen molar-refractivity contribution >= 4 is 29.5 Å². The van der Waals surface area contributed by atoms with Gasteiger partial charge in [-0.15, -0.1) is 0 Å². The maximum Gasteiger partial charge on any atom is 0.416 e. The summed E-state index contributed by atoms with van der Waals surface area (Å²) >= 11 is 5.93. The van der Waals surface area contributed by atoms with E-state index >= 15 is 0 Å². The smallest absolute Gasteiger partial charge is 0.351 e. The lowest BCUT2D eigenvalue weighted by atomic mass is 10.1. The number of carbonyl (C=O) groups is 2. The SMILES string of the molecule is Cc1cc(C(=O)N2CCN(C(=O)/C=C/c3cc(C(F)(F)F)ccc3Cl)CC2)on1. The van der Waals surface area contributed by atoms with Gasteiger partial charge < -0.3 is 14.3 Å². The van der Waals surface area contributed by atoms with Crippen molar-refractivity contribution in [2.24, 2.45) is 0 Å². The third-order valence-electron chi connectivity index (χ3n) is 4.45. The fourth-order valence-electron chi connectivity index (χ4n) is 2.86. The Morgan fingerprint density at radius 3 is 2.38 bits per heavy atom. The molecule has 6 nitrogen and oxygen atoms in total. The van der Waals surface area contributed by atoms with Crippen LogP contribution in [0, 0.1) is 6.92 Å². The first kappa shape index (κ1) is 20.9. The molecule has 0 N–H and O–H groups in total. The number of piperazine rings is 1. The van der Waals surface area contributed by atoms with E-state index in [4.69, 9.17) is 16.1 Å². The highest BCUT2D eigenvalue weighted by Crippen LogP contribution is 2.32. The summed E-state index contributed by atoms with van der Waals surface area (Å²) in [5, 5.41) is 3.79. The molecular weight excluding hydrogens is 411 g/mol. The van der Waals surface area contributed by atoms with Crippen molar-refractivity contribution in [3.05, 3.63) is 57.9 Å². The molecule has 1 fully saturated rings. The van der Waals surface area contributed by atoms with Crippen LogP contribution in [0.25, 0.3) is 6.08 Å². The summed E-state index contributed by atoms with van der Waals surface area (Å²) in [6.07, 6.45) is -2.06. The largest absolute Gasteiger partial charge is 0.416 e. The fraction of sp³-hybridized carbons (Fsp3) is 0.316. The van der Waals surface area contributed by atoms with Crippen molar-refractivity contribution in [2.45, 2.75) is 13.1 Å². The van der Waals surface area contributed by atoms with Gasteiger partial charge in [0.2, 0.25) is 11.7 Å². The second-order valence-corrected chi connectivity index (χ2v) is 6.92. The van der Waals surface area contributed by atoms with E-state index in [2.05, 4.69) is 5.16 Å². The van der Waals surface area contributed by atoms with Crippen LogP contribution in [0.15, 0.2) is 34.9 Å². The Morgan fingerprint density at radius 1 is 1.14 bits per heavy atom. The predicted molar refractivity (Wildman–Crippen MR) is 99.2 cm³/mol. The molecule has 0 aliphatic carbocycles. The minimum absolute atomic E-state index is 0.101. The van der Waals surface area contributed by atoms with Gasteiger partial charge in [-0.2, -0.15) is 13.2 Å². The maximum absolute atomic E-state index is 12.8. The molecule has 0 bridgehead atoms. The van der Waals surface area contributed by atoms with Crippen molar-refractivity contribution in [3.8, 4) is 0 Å². The van der Waals surface area contributed by atoms with Crippen LogP contribution in [0.3, 0.4) is 0 Å². The summed E-state index contributed by atoms with van der Waals surface area (Å²) in [7, 11) is 0. The van der Waals surface area contributed by atoms with E-state index in [-0.39, 0.29) is 28.2 Å². The van der Waals surface area contributed by atoms with E-state index in [9.17, 15) is 22.8 Å². The molecule has 2 aromatic rings. The van der Waals surface area contributed by atoms with Crippen LogP contribution in [-0.4, -0.2) is 52.9 Å². The van der Waals surface area contributed by atoms with E-state index in [1.165, 1.54) is 17.1 Å². The number of nitrogens with zero attached hydrogens (tertiary/aromatic N) is 3. The minimum Gasteiger partial charge on any atom is -0.351 e. The first-order valence-corrected chi connectivity index (χ1v) is 9.09. The Kier molecular flexibility index (Phi) is 5.97. The number of hydrogen-bond acceptors (Lipinski definition) is 4. The molecule has 0 saturated carbocycles. The molecule has 0 radical (unpaired) electrons. The van der Waals surface area contributed by atoms with Crippen LogP contribution in [0.1, 0.15) is 27.4 Å². The highest BCUT2D eigenvalue weighted by Gasteiger charge is 2.31. The second kappa shape index (κ2) is 8.28. The molecule has 2 amide bonds. The van der Waals surface area contributed by atoms with Crippen molar-refractivity contribution in [3.63, 3.8) is 0 Å². The van der Waals surface area contributed by atoms with E-state index < -0.39 is 11.7 Å². The van der Waals surface area contributed by atoms with Crippen molar-refractivity contribution in [2.75, 3.05) is 26.2 Å². The molecule has 1 aromatic heterocycles. The summed E-state index contributed by atoms with van der Waals surface area (Å²) in [4.78, 5) is 27.7. The Morgan fingerprint density at radius 2 is 1.79 bits per heavy atom. The molecule has 0 spiro atoms. The molecule has 1 aromatic carbocycles. The van der Waals surface area contributed by atoms with Gasteiger partial charge >= 0.3 is 6.18 Å². The molecule has 1 aliphatic rings. The molecule has 3 rings (SSSR count). The summed E-state index contributed by atoms with van der Waals surface area (Å²) in [5.74, 6) is -0.536. The molecule has 1 aliphatic heterocycles. The Balaban J connectivity index is 1.61.